The molecule has 4 nitrogen and oxygen atoms in total. The second-order valence-corrected chi connectivity index (χ2v) is 32.3. The van der Waals surface area contributed by atoms with Gasteiger partial charge in [0.15, 0.2) is 8.32 Å². The van der Waals surface area contributed by atoms with E-state index in [0.29, 0.717) is 6.42 Å². The number of benzene rings is 2. The van der Waals surface area contributed by atoms with Crippen LogP contribution in [0.3, 0.4) is 0 Å². The van der Waals surface area contributed by atoms with Crippen molar-refractivity contribution in [2.75, 3.05) is 6.61 Å². The minimum Gasteiger partial charge on any atom is -0.414 e. The molecule has 276 valence electrons. The van der Waals surface area contributed by atoms with Crippen LogP contribution in [-0.4, -0.2) is 60.8 Å². The van der Waals surface area contributed by atoms with Gasteiger partial charge in [0.2, 0.25) is 0 Å². The normalized spacial score (nSPS) is 20.2. The summed E-state index contributed by atoms with van der Waals surface area (Å²) in [5.41, 5.74) is 1.40. The number of rotatable bonds is 19. The molecule has 2 aromatic carbocycles. The topological polar surface area (TPSA) is 47.9 Å². The molecule has 0 amide bonds. The van der Waals surface area contributed by atoms with E-state index in [9.17, 15) is 5.11 Å². The van der Waals surface area contributed by atoms with Gasteiger partial charge in [-0.25, -0.2) is 0 Å². The Morgan fingerprint density at radius 1 is 0.878 bits per heavy atom. The van der Waals surface area contributed by atoms with E-state index in [1.165, 1.54) is 15.9 Å². The smallest absolute Gasteiger partial charge is 0.261 e. The maximum absolute atomic E-state index is 10.4. The standard InChI is InChI=1S/C42H72O4Si3/c1-13-48(14-2,15-3)45-37(30-34(4)33-47(10,11)12)32-40-42(8,9)28-26-35(44-40)31-36(27-29-43)46-49(41(5,6)7,38-22-18-16-19-23-38)39-24-20-17-21-25-39/h16-25,35-37,40,43H,4,13-15,26-33H2,1-3,5-12H3/t35-,36-,37-,40-/m0/s1. The van der Waals surface area contributed by atoms with E-state index in [1.54, 1.807) is 0 Å². The lowest BCUT2D eigenvalue weighted by Gasteiger charge is -2.47. The van der Waals surface area contributed by atoms with Crippen LogP contribution in [0, 0.1) is 5.41 Å². The fourth-order valence-corrected chi connectivity index (χ4v) is 17.5. The van der Waals surface area contributed by atoms with Gasteiger partial charge in [0.05, 0.1) is 24.4 Å². The van der Waals surface area contributed by atoms with Gasteiger partial charge >= 0.3 is 0 Å². The van der Waals surface area contributed by atoms with Crippen molar-refractivity contribution in [2.45, 2.75) is 167 Å². The Bertz CT molecular complexity index is 1220. The van der Waals surface area contributed by atoms with Crippen LogP contribution in [-0.2, 0) is 13.6 Å². The van der Waals surface area contributed by atoms with Gasteiger partial charge in [-0.3, -0.25) is 0 Å². The first-order chi connectivity index (χ1) is 22.9. The quantitative estimate of drug-likeness (QED) is 0.116. The van der Waals surface area contributed by atoms with Gasteiger partial charge in [-0.1, -0.05) is 141 Å². The summed E-state index contributed by atoms with van der Waals surface area (Å²) in [6.45, 7) is 30.7. The van der Waals surface area contributed by atoms with Gasteiger partial charge in [-0.05, 0) is 83.5 Å². The molecule has 0 bridgehead atoms. The minimum absolute atomic E-state index is 0.0540. The van der Waals surface area contributed by atoms with Crippen LogP contribution < -0.4 is 10.4 Å². The Hall–Kier alpha value is -1.33. The lowest BCUT2D eigenvalue weighted by Crippen LogP contribution is -2.68. The summed E-state index contributed by atoms with van der Waals surface area (Å²) in [6.07, 6.45) is 5.51. The molecule has 1 aliphatic rings. The SMILES string of the molecule is C=C(C[C@@H](C[C@@H]1O[C@H](C[C@H](CCO)O[Si](c2ccccc2)(c2ccccc2)C(C)(C)C)CCC1(C)C)O[Si](CC)(CC)CC)C[Si](C)(C)C. The maximum Gasteiger partial charge on any atom is 0.261 e. The summed E-state index contributed by atoms with van der Waals surface area (Å²) in [5.74, 6) is 0. The number of aliphatic hydroxyl groups excluding tert-OH is 1. The van der Waals surface area contributed by atoms with E-state index in [1.807, 2.05) is 0 Å². The van der Waals surface area contributed by atoms with Crippen molar-refractivity contribution in [3.05, 3.63) is 72.8 Å². The molecule has 7 heteroatoms. The zero-order valence-electron chi connectivity index (χ0n) is 33.2. The molecular formula is C42H72O4Si3. The van der Waals surface area contributed by atoms with E-state index >= 15 is 0 Å². The summed E-state index contributed by atoms with van der Waals surface area (Å²) in [4.78, 5) is 0. The highest BCUT2D eigenvalue weighted by molar-refractivity contribution is 6.99. The lowest BCUT2D eigenvalue weighted by atomic mass is 9.75. The number of ether oxygens (including phenoxy) is 1. The predicted octanol–water partition coefficient (Wildman–Crippen LogP) is 10.3. The molecule has 49 heavy (non-hydrogen) atoms. The molecule has 0 radical (unpaired) electrons. The minimum atomic E-state index is -2.77. The maximum atomic E-state index is 10.4. The molecule has 1 saturated heterocycles. The largest absolute Gasteiger partial charge is 0.414 e. The molecule has 0 spiro atoms. The third kappa shape index (κ3) is 11.3. The fraction of sp³-hybridized carbons (Fsp3) is 0.667. The molecule has 0 saturated carbocycles. The third-order valence-corrected chi connectivity index (χ3v) is 22.6. The van der Waals surface area contributed by atoms with Gasteiger partial charge in [0, 0.05) is 14.7 Å². The van der Waals surface area contributed by atoms with Crippen LogP contribution >= 0.6 is 0 Å². The first kappa shape index (κ1) is 42.1. The van der Waals surface area contributed by atoms with E-state index in [0.717, 1.165) is 56.3 Å². The van der Waals surface area contributed by atoms with Crippen LogP contribution in [0.5, 0.6) is 0 Å². The van der Waals surface area contributed by atoms with Crippen molar-refractivity contribution >= 4 is 35.1 Å². The molecule has 0 aliphatic carbocycles. The monoisotopic (exact) mass is 724 g/mol. The highest BCUT2D eigenvalue weighted by atomic mass is 28.4. The highest BCUT2D eigenvalue weighted by Gasteiger charge is 2.52. The molecule has 2 aromatic rings. The molecule has 1 fully saturated rings. The molecule has 1 aliphatic heterocycles. The van der Waals surface area contributed by atoms with Crippen LogP contribution in [0.2, 0.25) is 48.9 Å². The first-order valence-electron chi connectivity index (χ1n) is 19.3. The van der Waals surface area contributed by atoms with E-state index in [4.69, 9.17) is 13.6 Å². The van der Waals surface area contributed by atoms with Crippen molar-refractivity contribution in [3.8, 4) is 0 Å². The molecule has 3 rings (SSSR count). The van der Waals surface area contributed by atoms with Crippen LogP contribution in [0.1, 0.15) is 93.9 Å². The average Bonchev–Trinajstić information content (AvgIpc) is 3.03. The molecular weight excluding hydrogens is 653 g/mol. The van der Waals surface area contributed by atoms with Gasteiger partial charge < -0.3 is 18.7 Å². The lowest BCUT2D eigenvalue weighted by molar-refractivity contribution is -0.139. The Morgan fingerprint density at radius 2 is 1.41 bits per heavy atom. The van der Waals surface area contributed by atoms with Gasteiger partial charge in [0.25, 0.3) is 8.32 Å². The average molecular weight is 725 g/mol. The Kier molecular flexibility index (Phi) is 15.4. The van der Waals surface area contributed by atoms with Crippen molar-refractivity contribution < 1.29 is 18.7 Å². The first-order valence-corrected chi connectivity index (χ1v) is 27.5. The zero-order valence-corrected chi connectivity index (χ0v) is 36.2. The number of hydrogen-bond acceptors (Lipinski definition) is 4. The Labute approximate surface area is 304 Å². The second kappa shape index (κ2) is 17.9. The second-order valence-electron chi connectivity index (χ2n) is 17.8. The molecule has 0 unspecified atom stereocenters. The summed E-state index contributed by atoms with van der Waals surface area (Å²) in [5, 5.41) is 12.8. The van der Waals surface area contributed by atoms with Crippen LogP contribution in [0.4, 0.5) is 0 Å². The van der Waals surface area contributed by atoms with E-state index in [2.05, 4.69) is 142 Å². The van der Waals surface area contributed by atoms with E-state index in [-0.39, 0.29) is 41.5 Å². The Morgan fingerprint density at radius 3 is 1.86 bits per heavy atom. The van der Waals surface area contributed by atoms with Crippen LogP contribution in [0.15, 0.2) is 72.8 Å². The van der Waals surface area contributed by atoms with Crippen LogP contribution in [0.25, 0.3) is 0 Å². The number of hydrogen-bond donors (Lipinski definition) is 1. The van der Waals surface area contributed by atoms with Crippen molar-refractivity contribution in [1.29, 1.82) is 0 Å². The molecule has 1 heterocycles. The van der Waals surface area contributed by atoms with Crippen molar-refractivity contribution in [3.63, 3.8) is 0 Å². The fourth-order valence-electron chi connectivity index (χ4n) is 8.24. The number of aliphatic hydroxyl groups is 1. The van der Waals surface area contributed by atoms with Crippen molar-refractivity contribution in [2.24, 2.45) is 5.41 Å². The predicted molar refractivity (Wildman–Crippen MR) is 219 cm³/mol. The molecule has 1 N–H and O–H groups in total. The summed E-state index contributed by atoms with van der Waals surface area (Å²) in [6, 6.07) is 26.3. The molecule has 4 atom stereocenters. The molecule has 0 aromatic heterocycles. The third-order valence-electron chi connectivity index (χ3n) is 11.2. The highest BCUT2D eigenvalue weighted by Crippen LogP contribution is 2.43. The van der Waals surface area contributed by atoms with E-state index < -0.39 is 24.7 Å². The summed E-state index contributed by atoms with van der Waals surface area (Å²) >= 11 is 0. The summed E-state index contributed by atoms with van der Waals surface area (Å²) in [7, 11) is -5.88. The van der Waals surface area contributed by atoms with Crippen molar-refractivity contribution in [1.82, 2.24) is 0 Å². The van der Waals surface area contributed by atoms with Gasteiger partial charge in [-0.15, -0.1) is 6.58 Å². The Balaban J connectivity index is 1.93. The zero-order chi connectivity index (χ0) is 36.5. The van der Waals surface area contributed by atoms with Gasteiger partial charge in [0.1, 0.15) is 0 Å². The van der Waals surface area contributed by atoms with Gasteiger partial charge in [-0.2, -0.15) is 0 Å². The summed E-state index contributed by atoms with van der Waals surface area (Å²) < 4.78 is 22.0.